The summed E-state index contributed by atoms with van der Waals surface area (Å²) in [6, 6.07) is 8.12. The number of carbonyl (C=O) groups is 2. The van der Waals surface area contributed by atoms with E-state index in [9.17, 15) is 14.7 Å². The molecule has 3 amide bonds. The van der Waals surface area contributed by atoms with Crippen molar-refractivity contribution in [2.24, 2.45) is 0 Å². The lowest BCUT2D eigenvalue weighted by Crippen LogP contribution is -2.47. The van der Waals surface area contributed by atoms with Gasteiger partial charge in [0.2, 0.25) is 5.91 Å². The standard InChI is InChI=1S/C20H27N3O3/c24-17-13-18(19(25)21-12-11-15-7-3-1-4-8-15)23(14-17)20(26)22-16-9-5-2-6-10-16/h2,5-7,9-10,17-18,24H,1,3-4,8,11-14H2,(H,21,25)(H,22,26). The van der Waals surface area contributed by atoms with Crippen molar-refractivity contribution in [1.29, 1.82) is 0 Å². The van der Waals surface area contributed by atoms with Gasteiger partial charge in [0.05, 0.1) is 6.10 Å². The lowest BCUT2D eigenvalue weighted by molar-refractivity contribution is -0.124. The second kappa shape index (κ2) is 8.85. The van der Waals surface area contributed by atoms with Crippen LogP contribution in [0.5, 0.6) is 0 Å². The van der Waals surface area contributed by atoms with Crippen molar-refractivity contribution in [2.45, 2.75) is 50.7 Å². The fourth-order valence-electron chi connectivity index (χ4n) is 3.60. The van der Waals surface area contributed by atoms with Crippen LogP contribution in [0.1, 0.15) is 38.5 Å². The van der Waals surface area contributed by atoms with E-state index in [4.69, 9.17) is 0 Å². The normalized spacial score (nSPS) is 22.7. The highest BCUT2D eigenvalue weighted by atomic mass is 16.3. The molecule has 1 saturated heterocycles. The third-order valence-corrected chi connectivity index (χ3v) is 5.00. The first-order valence-corrected chi connectivity index (χ1v) is 9.40. The zero-order valence-corrected chi connectivity index (χ0v) is 15.0. The van der Waals surface area contributed by atoms with E-state index in [0.29, 0.717) is 12.2 Å². The zero-order valence-electron chi connectivity index (χ0n) is 15.0. The van der Waals surface area contributed by atoms with E-state index >= 15 is 0 Å². The molecule has 2 aliphatic rings. The molecule has 6 nitrogen and oxygen atoms in total. The number of carbonyl (C=O) groups excluding carboxylic acids is 2. The smallest absolute Gasteiger partial charge is 0.322 e. The van der Waals surface area contributed by atoms with Crippen LogP contribution in [0.15, 0.2) is 42.0 Å². The van der Waals surface area contributed by atoms with E-state index in [1.54, 1.807) is 12.1 Å². The first-order chi connectivity index (χ1) is 12.6. The number of nitrogens with one attached hydrogen (secondary N) is 2. The molecule has 1 aliphatic heterocycles. The minimum absolute atomic E-state index is 0.169. The molecular weight excluding hydrogens is 330 g/mol. The molecule has 140 valence electrons. The van der Waals surface area contributed by atoms with Crippen LogP contribution in [-0.2, 0) is 4.79 Å². The van der Waals surface area contributed by atoms with E-state index in [2.05, 4.69) is 16.7 Å². The van der Waals surface area contributed by atoms with Crippen LogP contribution in [0.4, 0.5) is 10.5 Å². The molecular formula is C20H27N3O3. The fraction of sp³-hybridized carbons (Fsp3) is 0.500. The van der Waals surface area contributed by atoms with Crippen LogP contribution in [0.25, 0.3) is 0 Å². The number of rotatable bonds is 5. The lowest BCUT2D eigenvalue weighted by Gasteiger charge is -2.24. The van der Waals surface area contributed by atoms with Gasteiger partial charge in [-0.15, -0.1) is 0 Å². The number of nitrogens with zero attached hydrogens (tertiary/aromatic N) is 1. The second-order valence-corrected chi connectivity index (χ2v) is 7.00. The Kier molecular flexibility index (Phi) is 6.28. The van der Waals surface area contributed by atoms with Gasteiger partial charge in [0, 0.05) is 25.2 Å². The van der Waals surface area contributed by atoms with Gasteiger partial charge in [0.1, 0.15) is 6.04 Å². The van der Waals surface area contributed by atoms with Crippen LogP contribution in [0, 0.1) is 0 Å². The number of para-hydroxylation sites is 1. The summed E-state index contributed by atoms with van der Waals surface area (Å²) in [7, 11) is 0. The monoisotopic (exact) mass is 357 g/mol. The van der Waals surface area contributed by atoms with Gasteiger partial charge in [-0.3, -0.25) is 4.79 Å². The maximum atomic E-state index is 12.5. The largest absolute Gasteiger partial charge is 0.391 e. The first kappa shape index (κ1) is 18.5. The number of allylic oxidation sites excluding steroid dienone is 1. The van der Waals surface area contributed by atoms with E-state index in [0.717, 1.165) is 19.3 Å². The van der Waals surface area contributed by atoms with Gasteiger partial charge in [-0.05, 0) is 44.2 Å². The minimum atomic E-state index is -0.673. The number of hydrogen-bond donors (Lipinski definition) is 3. The van der Waals surface area contributed by atoms with Crippen LogP contribution in [-0.4, -0.2) is 47.2 Å². The number of anilines is 1. The summed E-state index contributed by atoms with van der Waals surface area (Å²) in [5.41, 5.74) is 2.07. The van der Waals surface area contributed by atoms with Crippen molar-refractivity contribution < 1.29 is 14.7 Å². The summed E-state index contributed by atoms with van der Waals surface area (Å²) >= 11 is 0. The molecule has 6 heteroatoms. The number of amides is 3. The molecule has 0 aromatic heterocycles. The highest BCUT2D eigenvalue weighted by Gasteiger charge is 2.38. The predicted molar refractivity (Wildman–Crippen MR) is 101 cm³/mol. The van der Waals surface area contributed by atoms with Crippen molar-refractivity contribution in [3.63, 3.8) is 0 Å². The number of hydrogen-bond acceptors (Lipinski definition) is 3. The molecule has 1 heterocycles. The number of benzene rings is 1. The summed E-state index contributed by atoms with van der Waals surface area (Å²) in [6.07, 6.45) is 7.45. The van der Waals surface area contributed by atoms with Crippen LogP contribution < -0.4 is 10.6 Å². The van der Waals surface area contributed by atoms with Gasteiger partial charge in [-0.25, -0.2) is 4.79 Å². The summed E-state index contributed by atoms with van der Waals surface area (Å²) in [5, 5.41) is 15.7. The predicted octanol–water partition coefficient (Wildman–Crippen LogP) is 2.66. The van der Waals surface area contributed by atoms with Gasteiger partial charge in [-0.2, -0.15) is 0 Å². The Labute approximate surface area is 154 Å². The summed E-state index contributed by atoms with van der Waals surface area (Å²) in [5.74, 6) is -0.193. The zero-order chi connectivity index (χ0) is 18.4. The van der Waals surface area contributed by atoms with Gasteiger partial charge in [0.15, 0.2) is 0 Å². The van der Waals surface area contributed by atoms with Gasteiger partial charge in [-0.1, -0.05) is 29.8 Å². The molecule has 1 aliphatic carbocycles. The minimum Gasteiger partial charge on any atom is -0.391 e. The second-order valence-electron chi connectivity index (χ2n) is 7.00. The molecule has 0 spiro atoms. The Bertz CT molecular complexity index is 660. The Balaban J connectivity index is 1.53. The maximum absolute atomic E-state index is 12.5. The molecule has 2 unspecified atom stereocenters. The molecule has 3 rings (SSSR count). The molecule has 1 aromatic rings. The third kappa shape index (κ3) is 4.85. The van der Waals surface area contributed by atoms with E-state index < -0.39 is 12.1 Å². The Morgan fingerprint density at radius 2 is 2.00 bits per heavy atom. The van der Waals surface area contributed by atoms with E-state index in [1.165, 1.54) is 23.3 Å². The van der Waals surface area contributed by atoms with Crippen molar-refractivity contribution in [3.8, 4) is 0 Å². The molecule has 26 heavy (non-hydrogen) atoms. The Morgan fingerprint density at radius 1 is 1.19 bits per heavy atom. The summed E-state index contributed by atoms with van der Waals surface area (Å²) < 4.78 is 0. The molecule has 0 radical (unpaired) electrons. The molecule has 1 aromatic carbocycles. The third-order valence-electron chi connectivity index (χ3n) is 5.00. The highest BCUT2D eigenvalue weighted by Crippen LogP contribution is 2.21. The molecule has 2 atom stereocenters. The van der Waals surface area contributed by atoms with Crippen molar-refractivity contribution in [3.05, 3.63) is 42.0 Å². The Morgan fingerprint density at radius 3 is 2.73 bits per heavy atom. The van der Waals surface area contributed by atoms with Crippen LogP contribution >= 0.6 is 0 Å². The average Bonchev–Trinajstić information content (AvgIpc) is 3.05. The molecule has 3 N–H and O–H groups in total. The Hall–Kier alpha value is -2.34. The van der Waals surface area contributed by atoms with Crippen LogP contribution in [0.3, 0.4) is 0 Å². The number of likely N-dealkylation sites (tertiary alicyclic amines) is 1. The number of β-amino-alcohol motifs (C(OH)–C–C–N with tert-alkyl or cyclic N) is 1. The lowest BCUT2D eigenvalue weighted by atomic mass is 9.97. The van der Waals surface area contributed by atoms with Crippen LogP contribution in [0.2, 0.25) is 0 Å². The number of aliphatic hydroxyl groups is 1. The first-order valence-electron chi connectivity index (χ1n) is 9.40. The summed E-state index contributed by atoms with van der Waals surface area (Å²) in [6.45, 7) is 0.743. The quantitative estimate of drug-likeness (QED) is 0.709. The van der Waals surface area contributed by atoms with Crippen molar-refractivity contribution >= 4 is 17.6 Å². The molecule has 1 fully saturated rings. The van der Waals surface area contributed by atoms with Crippen molar-refractivity contribution in [2.75, 3.05) is 18.4 Å². The average molecular weight is 357 g/mol. The van der Waals surface area contributed by atoms with Gasteiger partial charge < -0.3 is 20.6 Å². The van der Waals surface area contributed by atoms with E-state index in [-0.39, 0.29) is 24.9 Å². The number of aliphatic hydroxyl groups excluding tert-OH is 1. The maximum Gasteiger partial charge on any atom is 0.322 e. The molecule has 0 bridgehead atoms. The topological polar surface area (TPSA) is 81.7 Å². The SMILES string of the molecule is O=C(NCCC1=CCCCC1)C1CC(O)CN1C(=O)Nc1ccccc1. The van der Waals surface area contributed by atoms with Gasteiger partial charge in [0.25, 0.3) is 0 Å². The molecule has 0 saturated carbocycles. The van der Waals surface area contributed by atoms with E-state index in [1.807, 2.05) is 18.2 Å². The van der Waals surface area contributed by atoms with Crippen molar-refractivity contribution in [1.82, 2.24) is 10.2 Å². The fourth-order valence-corrected chi connectivity index (χ4v) is 3.60. The highest BCUT2D eigenvalue weighted by molar-refractivity contribution is 5.94. The number of urea groups is 1. The summed E-state index contributed by atoms with van der Waals surface area (Å²) in [4.78, 5) is 26.5. The van der Waals surface area contributed by atoms with Gasteiger partial charge >= 0.3 is 6.03 Å².